The Kier molecular flexibility index (Phi) is 3.98. The Morgan fingerprint density at radius 3 is 2.92 bits per heavy atom. The maximum atomic E-state index is 12.8. The lowest BCUT2D eigenvalue weighted by Crippen LogP contribution is -2.39. The summed E-state index contributed by atoms with van der Waals surface area (Å²) in [6.45, 7) is 2.95. The number of amides is 1. The second kappa shape index (κ2) is 6.43. The maximum absolute atomic E-state index is 12.8. The van der Waals surface area contributed by atoms with E-state index in [0.717, 1.165) is 22.4 Å². The highest BCUT2D eigenvalue weighted by molar-refractivity contribution is 5.94. The third kappa shape index (κ3) is 3.01. The Labute approximate surface area is 145 Å². The van der Waals surface area contributed by atoms with Crippen LogP contribution in [0.4, 0.5) is 0 Å². The van der Waals surface area contributed by atoms with Gasteiger partial charge in [-0.2, -0.15) is 0 Å². The van der Waals surface area contributed by atoms with Gasteiger partial charge in [0.1, 0.15) is 18.6 Å². The van der Waals surface area contributed by atoms with Crippen LogP contribution in [0.25, 0.3) is 11.1 Å². The molecular weight excluding hydrogens is 316 g/mol. The minimum Gasteiger partial charge on any atom is -0.491 e. The van der Waals surface area contributed by atoms with E-state index in [1.807, 2.05) is 42.3 Å². The predicted molar refractivity (Wildman–Crippen MR) is 93.2 cm³/mol. The Hall–Kier alpha value is -3.08. The first-order chi connectivity index (χ1) is 12.2. The lowest BCUT2D eigenvalue weighted by Gasteiger charge is -2.25. The van der Waals surface area contributed by atoms with E-state index in [-0.39, 0.29) is 11.9 Å². The number of rotatable bonds is 2. The number of carbonyl (C=O) groups excluding carboxylic acids is 1. The summed E-state index contributed by atoms with van der Waals surface area (Å²) < 4.78 is 11.0. The fraction of sp³-hybridized carbons (Fsp3) is 0.200. The number of pyridine rings is 1. The Bertz CT molecular complexity index is 875. The molecule has 0 radical (unpaired) electrons. The van der Waals surface area contributed by atoms with Gasteiger partial charge in [-0.25, -0.2) is 0 Å². The van der Waals surface area contributed by atoms with E-state index in [1.54, 1.807) is 12.3 Å². The van der Waals surface area contributed by atoms with Crippen LogP contribution in [0.3, 0.4) is 0 Å². The lowest BCUT2D eigenvalue weighted by atomic mass is 10.0. The van der Waals surface area contributed by atoms with Crippen LogP contribution in [0, 0.1) is 0 Å². The third-order valence-corrected chi connectivity index (χ3v) is 4.44. The molecule has 25 heavy (non-hydrogen) atoms. The van der Waals surface area contributed by atoms with Crippen molar-refractivity contribution >= 4 is 5.91 Å². The molecule has 0 bridgehead atoms. The number of furan rings is 1. The Balaban J connectivity index is 1.68. The molecular formula is C20H18N2O3. The van der Waals surface area contributed by atoms with E-state index in [2.05, 4.69) is 11.1 Å². The summed E-state index contributed by atoms with van der Waals surface area (Å²) in [7, 11) is 0. The van der Waals surface area contributed by atoms with Crippen LogP contribution in [0.5, 0.6) is 5.75 Å². The summed E-state index contributed by atoms with van der Waals surface area (Å²) in [5.41, 5.74) is 3.64. The van der Waals surface area contributed by atoms with Crippen molar-refractivity contribution in [1.29, 1.82) is 0 Å². The molecule has 5 nitrogen and oxygen atoms in total. The molecule has 2 aromatic heterocycles. The molecule has 5 heteroatoms. The van der Waals surface area contributed by atoms with Crippen molar-refractivity contribution in [3.63, 3.8) is 0 Å². The molecule has 3 heterocycles. The standard InChI is InChI=1S/C20H18N2O3/c1-14-12-25-19-5-4-15(16-3-2-7-21-10-16)9-18(19)11-22(14)20(23)17-6-8-24-13-17/h2-10,13-14H,11-12H2,1H3/t14-/m0/s1. The van der Waals surface area contributed by atoms with E-state index < -0.39 is 0 Å². The predicted octanol–water partition coefficient (Wildman–Crippen LogP) is 3.76. The van der Waals surface area contributed by atoms with Gasteiger partial charge in [-0.05, 0) is 36.8 Å². The number of ether oxygens (including phenoxy) is 1. The molecule has 3 aromatic rings. The number of aromatic nitrogens is 1. The minimum atomic E-state index is -0.0514. The highest BCUT2D eigenvalue weighted by Gasteiger charge is 2.27. The van der Waals surface area contributed by atoms with Gasteiger partial charge in [-0.3, -0.25) is 9.78 Å². The van der Waals surface area contributed by atoms with Crippen molar-refractivity contribution in [3.05, 3.63) is 72.4 Å². The average molecular weight is 334 g/mol. The summed E-state index contributed by atoms with van der Waals surface area (Å²) >= 11 is 0. The summed E-state index contributed by atoms with van der Waals surface area (Å²) in [6, 6.07) is 11.6. The van der Waals surface area contributed by atoms with Crippen molar-refractivity contribution in [1.82, 2.24) is 9.88 Å². The fourth-order valence-electron chi connectivity index (χ4n) is 3.02. The van der Waals surface area contributed by atoms with Gasteiger partial charge < -0.3 is 14.1 Å². The van der Waals surface area contributed by atoms with Gasteiger partial charge in [0, 0.05) is 23.5 Å². The molecule has 0 saturated carbocycles. The van der Waals surface area contributed by atoms with Crippen molar-refractivity contribution in [2.24, 2.45) is 0 Å². The van der Waals surface area contributed by atoms with Crippen molar-refractivity contribution in [2.45, 2.75) is 19.5 Å². The van der Waals surface area contributed by atoms with Crippen LogP contribution in [0.2, 0.25) is 0 Å². The van der Waals surface area contributed by atoms with Crippen LogP contribution in [-0.2, 0) is 6.54 Å². The Morgan fingerprint density at radius 2 is 2.16 bits per heavy atom. The molecule has 126 valence electrons. The lowest BCUT2D eigenvalue weighted by molar-refractivity contribution is 0.0645. The second-order valence-electron chi connectivity index (χ2n) is 6.17. The first kappa shape index (κ1) is 15.4. The summed E-state index contributed by atoms with van der Waals surface area (Å²) in [6.07, 6.45) is 6.58. The van der Waals surface area contributed by atoms with E-state index in [9.17, 15) is 4.79 Å². The van der Waals surface area contributed by atoms with Gasteiger partial charge in [0.2, 0.25) is 0 Å². The molecule has 1 atom stereocenters. The molecule has 0 aliphatic carbocycles. The Morgan fingerprint density at radius 1 is 1.24 bits per heavy atom. The van der Waals surface area contributed by atoms with Crippen LogP contribution in [0.15, 0.2) is 65.7 Å². The molecule has 0 N–H and O–H groups in total. The van der Waals surface area contributed by atoms with Gasteiger partial charge in [-0.1, -0.05) is 12.1 Å². The van der Waals surface area contributed by atoms with Crippen LogP contribution < -0.4 is 4.74 Å². The van der Waals surface area contributed by atoms with Crippen LogP contribution in [-0.4, -0.2) is 28.4 Å². The number of benzene rings is 1. The average Bonchev–Trinajstić information content (AvgIpc) is 3.14. The fourth-order valence-corrected chi connectivity index (χ4v) is 3.02. The molecule has 1 aliphatic rings. The summed E-state index contributed by atoms with van der Waals surface area (Å²) in [4.78, 5) is 18.8. The van der Waals surface area contributed by atoms with Gasteiger partial charge in [0.05, 0.1) is 24.4 Å². The summed E-state index contributed by atoms with van der Waals surface area (Å²) in [5.74, 6) is 0.770. The molecule has 0 saturated heterocycles. The third-order valence-electron chi connectivity index (χ3n) is 4.44. The normalized spacial score (nSPS) is 16.7. The molecule has 0 spiro atoms. The number of fused-ring (bicyclic) bond motifs is 1. The second-order valence-corrected chi connectivity index (χ2v) is 6.17. The maximum Gasteiger partial charge on any atom is 0.257 e. The molecule has 0 fully saturated rings. The molecule has 1 amide bonds. The van der Waals surface area contributed by atoms with Crippen molar-refractivity contribution in [2.75, 3.05) is 6.61 Å². The topological polar surface area (TPSA) is 55.6 Å². The zero-order valence-corrected chi connectivity index (χ0v) is 13.9. The number of hydrogen-bond acceptors (Lipinski definition) is 4. The first-order valence-corrected chi connectivity index (χ1v) is 8.21. The molecule has 1 aromatic carbocycles. The molecule has 0 unspecified atom stereocenters. The van der Waals surface area contributed by atoms with E-state index in [1.165, 1.54) is 12.5 Å². The monoisotopic (exact) mass is 334 g/mol. The zero-order chi connectivity index (χ0) is 17.2. The van der Waals surface area contributed by atoms with E-state index in [4.69, 9.17) is 9.15 Å². The van der Waals surface area contributed by atoms with E-state index >= 15 is 0 Å². The number of hydrogen-bond donors (Lipinski definition) is 0. The minimum absolute atomic E-state index is 0.0309. The van der Waals surface area contributed by atoms with Gasteiger partial charge in [-0.15, -0.1) is 0 Å². The van der Waals surface area contributed by atoms with Crippen LogP contribution >= 0.6 is 0 Å². The molecule has 1 aliphatic heterocycles. The highest BCUT2D eigenvalue weighted by Crippen LogP contribution is 2.30. The van der Waals surface area contributed by atoms with Gasteiger partial charge in [0.15, 0.2) is 0 Å². The van der Waals surface area contributed by atoms with Gasteiger partial charge >= 0.3 is 0 Å². The quantitative estimate of drug-likeness (QED) is 0.716. The van der Waals surface area contributed by atoms with Gasteiger partial charge in [0.25, 0.3) is 5.91 Å². The SMILES string of the molecule is C[C@H]1COc2ccc(-c3cccnc3)cc2CN1C(=O)c1ccoc1. The number of carbonyl (C=O) groups is 1. The summed E-state index contributed by atoms with van der Waals surface area (Å²) in [5, 5.41) is 0. The zero-order valence-electron chi connectivity index (χ0n) is 13.9. The van der Waals surface area contributed by atoms with E-state index in [0.29, 0.717) is 18.7 Å². The largest absolute Gasteiger partial charge is 0.491 e. The smallest absolute Gasteiger partial charge is 0.257 e. The molecule has 4 rings (SSSR count). The first-order valence-electron chi connectivity index (χ1n) is 8.21. The van der Waals surface area contributed by atoms with Crippen molar-refractivity contribution in [3.8, 4) is 16.9 Å². The van der Waals surface area contributed by atoms with Crippen molar-refractivity contribution < 1.29 is 13.9 Å². The van der Waals surface area contributed by atoms with Crippen LogP contribution in [0.1, 0.15) is 22.8 Å². The number of nitrogens with zero attached hydrogens (tertiary/aromatic N) is 2. The highest BCUT2D eigenvalue weighted by atomic mass is 16.5.